The van der Waals surface area contributed by atoms with Gasteiger partial charge in [-0.05, 0) is 43.0 Å². The van der Waals surface area contributed by atoms with E-state index in [0.29, 0.717) is 36.2 Å². The zero-order chi connectivity index (χ0) is 19.2. The molecule has 140 valence electrons. The zero-order valence-corrected chi connectivity index (χ0v) is 16.8. The van der Waals surface area contributed by atoms with Gasteiger partial charge < -0.3 is 10.0 Å². The van der Waals surface area contributed by atoms with Gasteiger partial charge in [0.15, 0.2) is 11.4 Å². The van der Waals surface area contributed by atoms with E-state index in [1.165, 1.54) is 0 Å². The monoisotopic (exact) mass is 427 g/mol. The maximum atomic E-state index is 13.4. The smallest absolute Gasteiger partial charge is 0.264 e. The predicted octanol–water partition coefficient (Wildman–Crippen LogP) is 4.23. The molecule has 2 aromatic rings. The first-order chi connectivity index (χ1) is 13.0. The molecule has 4 rings (SSSR count). The molecule has 2 atom stereocenters. The Morgan fingerprint density at radius 2 is 2.00 bits per heavy atom. The molecular weight excluding hydrogens is 406 g/mol. The molecule has 0 saturated heterocycles. The number of hydrogen-bond acceptors (Lipinski definition) is 3. The fraction of sp³-hybridized carbons (Fsp3) is 0.364. The molecule has 0 spiro atoms. The highest BCUT2D eigenvalue weighted by Crippen LogP contribution is 2.49. The third-order valence-electron chi connectivity index (χ3n) is 5.77. The SMILES string of the molecule is CCCCN1C(=O)[C@@](O)([C@H]2CCc3ccccc3C2=O)c2cc(Br)ccc21. The van der Waals surface area contributed by atoms with Crippen molar-refractivity contribution in [1.29, 1.82) is 0 Å². The lowest BCUT2D eigenvalue weighted by atomic mass is 9.71. The first kappa shape index (κ1) is 18.4. The number of rotatable bonds is 4. The predicted molar refractivity (Wildman–Crippen MR) is 108 cm³/mol. The van der Waals surface area contributed by atoms with E-state index in [-0.39, 0.29) is 11.7 Å². The molecule has 0 unspecified atom stereocenters. The molecule has 1 N–H and O–H groups in total. The van der Waals surface area contributed by atoms with Crippen LogP contribution in [0.25, 0.3) is 0 Å². The number of aryl methyl sites for hydroxylation is 1. The van der Waals surface area contributed by atoms with Gasteiger partial charge in [-0.25, -0.2) is 0 Å². The molecule has 2 aromatic carbocycles. The summed E-state index contributed by atoms with van der Waals surface area (Å²) >= 11 is 3.45. The van der Waals surface area contributed by atoms with Crippen LogP contribution in [0.4, 0.5) is 5.69 Å². The average molecular weight is 428 g/mol. The van der Waals surface area contributed by atoms with Gasteiger partial charge in [0, 0.05) is 22.1 Å². The summed E-state index contributed by atoms with van der Waals surface area (Å²) in [6, 6.07) is 13.0. The number of unbranched alkanes of at least 4 members (excludes halogenated alkanes) is 1. The molecule has 1 aliphatic carbocycles. The largest absolute Gasteiger partial charge is 0.375 e. The number of halogens is 1. The van der Waals surface area contributed by atoms with E-state index in [2.05, 4.69) is 22.9 Å². The average Bonchev–Trinajstić information content (AvgIpc) is 2.88. The van der Waals surface area contributed by atoms with Crippen LogP contribution in [0.1, 0.15) is 47.7 Å². The van der Waals surface area contributed by atoms with Crippen LogP contribution in [0.5, 0.6) is 0 Å². The van der Waals surface area contributed by atoms with E-state index in [1.807, 2.05) is 30.3 Å². The number of hydrogen-bond donors (Lipinski definition) is 1. The Bertz CT molecular complexity index is 926. The summed E-state index contributed by atoms with van der Waals surface area (Å²) in [6.07, 6.45) is 2.94. The summed E-state index contributed by atoms with van der Waals surface area (Å²) in [6.45, 7) is 2.61. The second kappa shape index (κ2) is 6.88. The normalized spacial score (nSPS) is 24.1. The molecule has 5 heteroatoms. The van der Waals surface area contributed by atoms with E-state index in [9.17, 15) is 14.7 Å². The highest BCUT2D eigenvalue weighted by atomic mass is 79.9. The van der Waals surface area contributed by atoms with Crippen LogP contribution in [0.15, 0.2) is 46.9 Å². The molecule has 1 aliphatic heterocycles. The molecular formula is C22H22BrNO3. The van der Waals surface area contributed by atoms with Crippen LogP contribution in [0, 0.1) is 5.92 Å². The van der Waals surface area contributed by atoms with Crippen molar-refractivity contribution in [3.05, 3.63) is 63.6 Å². The number of fused-ring (bicyclic) bond motifs is 2. The highest BCUT2D eigenvalue weighted by Gasteiger charge is 2.57. The van der Waals surface area contributed by atoms with E-state index in [0.717, 1.165) is 22.9 Å². The molecule has 0 bridgehead atoms. The number of benzene rings is 2. The maximum absolute atomic E-state index is 13.4. The van der Waals surface area contributed by atoms with Crippen molar-refractivity contribution in [3.8, 4) is 0 Å². The van der Waals surface area contributed by atoms with E-state index in [1.54, 1.807) is 17.0 Å². The van der Waals surface area contributed by atoms with Crippen LogP contribution in [-0.4, -0.2) is 23.3 Å². The van der Waals surface area contributed by atoms with Crippen LogP contribution in [0.2, 0.25) is 0 Å². The van der Waals surface area contributed by atoms with Crippen molar-refractivity contribution < 1.29 is 14.7 Å². The molecule has 0 aromatic heterocycles. The summed E-state index contributed by atoms with van der Waals surface area (Å²) in [5.74, 6) is -1.28. The standard InChI is InChI=1S/C22H22BrNO3/c1-2-3-12-24-19-11-9-15(23)13-18(19)22(27,21(24)26)17-10-8-14-6-4-5-7-16(14)20(17)25/h4-7,9,11,13,17,27H,2-3,8,10,12H2,1H3/t17-,22+/m0/s1. The lowest BCUT2D eigenvalue weighted by Gasteiger charge is -2.34. The van der Waals surface area contributed by atoms with Crippen molar-refractivity contribution in [2.24, 2.45) is 5.92 Å². The van der Waals surface area contributed by atoms with E-state index < -0.39 is 11.5 Å². The Morgan fingerprint density at radius 1 is 1.22 bits per heavy atom. The number of carbonyl (C=O) groups is 2. The van der Waals surface area contributed by atoms with Crippen molar-refractivity contribution >= 4 is 33.3 Å². The third-order valence-corrected chi connectivity index (χ3v) is 6.27. The first-order valence-electron chi connectivity index (χ1n) is 9.45. The van der Waals surface area contributed by atoms with Gasteiger partial charge in [-0.15, -0.1) is 0 Å². The minimum Gasteiger partial charge on any atom is -0.375 e. The van der Waals surface area contributed by atoms with Gasteiger partial charge in [-0.2, -0.15) is 0 Å². The topological polar surface area (TPSA) is 57.6 Å². The number of Topliss-reactive ketones (excluding diaryl/α,β-unsaturated/α-hetero) is 1. The Morgan fingerprint density at radius 3 is 2.78 bits per heavy atom. The second-order valence-electron chi connectivity index (χ2n) is 7.35. The Labute approximate surface area is 167 Å². The fourth-order valence-corrected chi connectivity index (χ4v) is 4.71. The zero-order valence-electron chi connectivity index (χ0n) is 15.2. The number of amides is 1. The van der Waals surface area contributed by atoms with Crippen LogP contribution in [-0.2, 0) is 16.8 Å². The van der Waals surface area contributed by atoms with Crippen LogP contribution < -0.4 is 4.90 Å². The molecule has 27 heavy (non-hydrogen) atoms. The van der Waals surface area contributed by atoms with Crippen molar-refractivity contribution in [2.45, 2.75) is 38.2 Å². The van der Waals surface area contributed by atoms with E-state index in [4.69, 9.17) is 0 Å². The van der Waals surface area contributed by atoms with Gasteiger partial charge in [0.05, 0.1) is 11.6 Å². The molecule has 1 amide bonds. The van der Waals surface area contributed by atoms with Crippen molar-refractivity contribution in [2.75, 3.05) is 11.4 Å². The molecule has 0 fully saturated rings. The molecule has 0 saturated carbocycles. The minimum absolute atomic E-state index is 0.143. The number of aliphatic hydroxyl groups is 1. The summed E-state index contributed by atoms with van der Waals surface area (Å²) < 4.78 is 0.786. The fourth-order valence-electron chi connectivity index (χ4n) is 4.35. The number of anilines is 1. The summed E-state index contributed by atoms with van der Waals surface area (Å²) in [7, 11) is 0. The second-order valence-corrected chi connectivity index (χ2v) is 8.27. The lowest BCUT2D eigenvalue weighted by molar-refractivity contribution is -0.140. The Hall–Kier alpha value is -1.98. The third kappa shape index (κ3) is 2.75. The summed E-state index contributed by atoms with van der Waals surface area (Å²) in [5, 5.41) is 11.7. The Balaban J connectivity index is 1.81. The van der Waals surface area contributed by atoms with E-state index >= 15 is 0 Å². The molecule has 1 heterocycles. The minimum atomic E-state index is -1.81. The van der Waals surface area contributed by atoms with Gasteiger partial charge in [0.1, 0.15) is 0 Å². The van der Waals surface area contributed by atoms with Gasteiger partial charge in [-0.1, -0.05) is 53.5 Å². The van der Waals surface area contributed by atoms with Gasteiger partial charge in [-0.3, -0.25) is 9.59 Å². The highest BCUT2D eigenvalue weighted by molar-refractivity contribution is 9.10. The summed E-state index contributed by atoms with van der Waals surface area (Å²) in [5.41, 5.74) is 1.06. The maximum Gasteiger partial charge on any atom is 0.264 e. The van der Waals surface area contributed by atoms with Gasteiger partial charge >= 0.3 is 0 Å². The Kier molecular flexibility index (Phi) is 4.68. The molecule has 0 radical (unpaired) electrons. The van der Waals surface area contributed by atoms with Gasteiger partial charge in [0.25, 0.3) is 5.91 Å². The van der Waals surface area contributed by atoms with Crippen molar-refractivity contribution in [3.63, 3.8) is 0 Å². The van der Waals surface area contributed by atoms with Crippen LogP contribution in [0.3, 0.4) is 0 Å². The molecule has 4 nitrogen and oxygen atoms in total. The first-order valence-corrected chi connectivity index (χ1v) is 10.2. The van der Waals surface area contributed by atoms with Crippen LogP contribution >= 0.6 is 15.9 Å². The quantitative estimate of drug-likeness (QED) is 0.793. The number of nitrogens with zero attached hydrogens (tertiary/aromatic N) is 1. The van der Waals surface area contributed by atoms with Gasteiger partial charge in [0.2, 0.25) is 0 Å². The lowest BCUT2D eigenvalue weighted by Crippen LogP contribution is -2.49. The number of ketones is 1. The molecule has 2 aliphatic rings. The van der Waals surface area contributed by atoms with Crippen molar-refractivity contribution in [1.82, 2.24) is 0 Å². The summed E-state index contributed by atoms with van der Waals surface area (Å²) in [4.78, 5) is 28.2. The number of carbonyl (C=O) groups excluding carboxylic acids is 2.